The number of likely N-dealkylation sites (tertiary alicyclic amines) is 2. The molecular weight excluding hydrogens is 248 g/mol. The van der Waals surface area contributed by atoms with Crippen LogP contribution in [0.25, 0.3) is 0 Å². The van der Waals surface area contributed by atoms with Gasteiger partial charge < -0.3 is 14.7 Å². The predicted molar refractivity (Wildman–Crippen MR) is 69.0 cm³/mol. The standard InChI is InChI=1S/C13H22N2O4/c1-13(2,3)19-12(18)15-8-9-6-10(15)7-14(9)5-4-11(16)17/h9-10H,4-8H2,1-3H3,(H,16,17). The van der Waals surface area contributed by atoms with Gasteiger partial charge in [0.2, 0.25) is 0 Å². The second kappa shape index (κ2) is 5.00. The molecule has 19 heavy (non-hydrogen) atoms. The van der Waals surface area contributed by atoms with Crippen LogP contribution in [-0.4, -0.2) is 64.3 Å². The van der Waals surface area contributed by atoms with E-state index in [4.69, 9.17) is 9.84 Å². The summed E-state index contributed by atoms with van der Waals surface area (Å²) in [7, 11) is 0. The molecule has 6 nitrogen and oxygen atoms in total. The lowest BCUT2D eigenvalue weighted by Crippen LogP contribution is -2.50. The Morgan fingerprint density at radius 3 is 2.42 bits per heavy atom. The maximum Gasteiger partial charge on any atom is 0.410 e. The summed E-state index contributed by atoms with van der Waals surface area (Å²) >= 11 is 0. The van der Waals surface area contributed by atoms with Gasteiger partial charge >= 0.3 is 12.1 Å². The first-order valence-corrected chi connectivity index (χ1v) is 6.72. The molecule has 1 amide bonds. The molecule has 0 aromatic heterocycles. The molecule has 2 bridgehead atoms. The highest BCUT2D eigenvalue weighted by Crippen LogP contribution is 2.31. The third-order valence-electron chi connectivity index (χ3n) is 3.59. The number of nitrogens with zero attached hydrogens (tertiary/aromatic N) is 2. The maximum atomic E-state index is 12.0. The van der Waals surface area contributed by atoms with Gasteiger partial charge in [-0.15, -0.1) is 0 Å². The molecule has 2 atom stereocenters. The molecule has 0 saturated carbocycles. The number of piperazine rings is 1. The van der Waals surface area contributed by atoms with Crippen molar-refractivity contribution in [3.8, 4) is 0 Å². The van der Waals surface area contributed by atoms with Gasteiger partial charge in [0.25, 0.3) is 0 Å². The summed E-state index contributed by atoms with van der Waals surface area (Å²) in [6, 6.07) is 0.463. The lowest BCUT2D eigenvalue weighted by Gasteiger charge is -2.34. The summed E-state index contributed by atoms with van der Waals surface area (Å²) in [5.41, 5.74) is -0.470. The average molecular weight is 270 g/mol. The molecule has 2 aliphatic rings. The number of rotatable bonds is 3. The first-order chi connectivity index (χ1) is 8.76. The quantitative estimate of drug-likeness (QED) is 0.833. The van der Waals surface area contributed by atoms with Crippen molar-refractivity contribution >= 4 is 12.1 Å². The Labute approximate surface area is 113 Å². The number of aliphatic carboxylic acids is 1. The van der Waals surface area contributed by atoms with E-state index in [1.807, 2.05) is 20.8 Å². The van der Waals surface area contributed by atoms with E-state index in [9.17, 15) is 9.59 Å². The molecule has 6 heteroatoms. The molecule has 1 N–H and O–H groups in total. The fourth-order valence-corrected chi connectivity index (χ4v) is 2.81. The zero-order chi connectivity index (χ0) is 14.2. The number of carboxylic acids is 1. The van der Waals surface area contributed by atoms with Gasteiger partial charge in [0, 0.05) is 31.7 Å². The maximum absolute atomic E-state index is 12.0. The summed E-state index contributed by atoms with van der Waals surface area (Å²) in [4.78, 5) is 26.5. The fraction of sp³-hybridized carbons (Fsp3) is 0.846. The predicted octanol–water partition coefficient (Wildman–Crippen LogP) is 1.15. The number of hydrogen-bond acceptors (Lipinski definition) is 4. The first kappa shape index (κ1) is 14.1. The van der Waals surface area contributed by atoms with Crippen molar-refractivity contribution in [2.45, 2.75) is 51.3 Å². The highest BCUT2D eigenvalue weighted by atomic mass is 16.6. The van der Waals surface area contributed by atoms with E-state index < -0.39 is 11.6 Å². The molecule has 108 valence electrons. The highest BCUT2D eigenvalue weighted by molar-refractivity contribution is 5.69. The first-order valence-electron chi connectivity index (χ1n) is 6.72. The van der Waals surface area contributed by atoms with Gasteiger partial charge in [0.15, 0.2) is 0 Å². The highest BCUT2D eigenvalue weighted by Gasteiger charge is 2.46. The van der Waals surface area contributed by atoms with Gasteiger partial charge in [-0.1, -0.05) is 0 Å². The second-order valence-electron chi connectivity index (χ2n) is 6.31. The average Bonchev–Trinajstić information content (AvgIpc) is 2.82. The van der Waals surface area contributed by atoms with E-state index in [0.717, 1.165) is 13.0 Å². The SMILES string of the molecule is CC(C)(C)OC(=O)N1CC2CC1CN2CCC(=O)O. The van der Waals surface area contributed by atoms with Gasteiger partial charge in [-0.25, -0.2) is 4.79 Å². The van der Waals surface area contributed by atoms with Gasteiger partial charge in [-0.3, -0.25) is 9.69 Å². The zero-order valence-electron chi connectivity index (χ0n) is 11.8. The van der Waals surface area contributed by atoms with Gasteiger partial charge in [-0.05, 0) is 27.2 Å². The van der Waals surface area contributed by atoms with Crippen LogP contribution < -0.4 is 0 Å². The minimum atomic E-state index is -0.772. The summed E-state index contributed by atoms with van der Waals surface area (Å²) in [6.45, 7) is 7.56. The van der Waals surface area contributed by atoms with Crippen LogP contribution in [0.2, 0.25) is 0 Å². The Hall–Kier alpha value is -1.30. The third kappa shape index (κ3) is 3.37. The van der Waals surface area contributed by atoms with Crippen molar-refractivity contribution in [2.24, 2.45) is 0 Å². The van der Waals surface area contributed by atoms with Gasteiger partial charge in [0.05, 0.1) is 6.42 Å². The largest absolute Gasteiger partial charge is 0.481 e. The molecule has 0 radical (unpaired) electrons. The number of hydrogen-bond donors (Lipinski definition) is 1. The van der Waals surface area contributed by atoms with E-state index in [2.05, 4.69) is 4.90 Å². The molecular formula is C13H22N2O4. The van der Waals surface area contributed by atoms with Crippen LogP contribution in [0.3, 0.4) is 0 Å². The van der Waals surface area contributed by atoms with Crippen molar-refractivity contribution in [3.05, 3.63) is 0 Å². The molecule has 2 heterocycles. The Morgan fingerprint density at radius 2 is 1.95 bits per heavy atom. The molecule has 0 aromatic rings. The second-order valence-corrected chi connectivity index (χ2v) is 6.31. The number of carbonyl (C=O) groups is 2. The van der Waals surface area contributed by atoms with Crippen LogP contribution in [0.1, 0.15) is 33.6 Å². The lowest BCUT2D eigenvalue weighted by atomic mass is 10.2. The van der Waals surface area contributed by atoms with E-state index in [1.165, 1.54) is 0 Å². The van der Waals surface area contributed by atoms with E-state index in [0.29, 0.717) is 13.1 Å². The molecule has 0 aromatic carbocycles. The number of carbonyl (C=O) groups excluding carboxylic acids is 1. The molecule has 0 spiro atoms. The Morgan fingerprint density at radius 1 is 1.26 bits per heavy atom. The Kier molecular flexibility index (Phi) is 3.71. The number of amides is 1. The monoisotopic (exact) mass is 270 g/mol. The van der Waals surface area contributed by atoms with Crippen LogP contribution >= 0.6 is 0 Å². The number of carboxylic acid groups (broad SMARTS) is 1. The van der Waals surface area contributed by atoms with Crippen LogP contribution in [0.15, 0.2) is 0 Å². The van der Waals surface area contributed by atoms with Crippen LogP contribution in [0.4, 0.5) is 4.79 Å². The summed E-state index contributed by atoms with van der Waals surface area (Å²) in [5, 5.41) is 8.70. The van der Waals surface area contributed by atoms with Crippen molar-refractivity contribution in [2.75, 3.05) is 19.6 Å². The lowest BCUT2D eigenvalue weighted by molar-refractivity contribution is -0.137. The van der Waals surface area contributed by atoms with Crippen molar-refractivity contribution < 1.29 is 19.4 Å². The van der Waals surface area contributed by atoms with Crippen molar-refractivity contribution in [3.63, 3.8) is 0 Å². The van der Waals surface area contributed by atoms with Crippen molar-refractivity contribution in [1.82, 2.24) is 9.80 Å². The van der Waals surface area contributed by atoms with Crippen LogP contribution in [0, 0.1) is 0 Å². The molecule has 2 rings (SSSR count). The van der Waals surface area contributed by atoms with E-state index in [-0.39, 0.29) is 24.6 Å². The van der Waals surface area contributed by atoms with Crippen molar-refractivity contribution in [1.29, 1.82) is 0 Å². The normalized spacial score (nSPS) is 26.8. The Bertz CT molecular complexity index is 377. The van der Waals surface area contributed by atoms with E-state index in [1.54, 1.807) is 4.90 Å². The summed E-state index contributed by atoms with van der Waals surface area (Å²) in [6.07, 6.45) is 0.840. The molecule has 2 unspecified atom stereocenters. The molecule has 2 saturated heterocycles. The summed E-state index contributed by atoms with van der Waals surface area (Å²) < 4.78 is 5.38. The minimum Gasteiger partial charge on any atom is -0.481 e. The van der Waals surface area contributed by atoms with Gasteiger partial charge in [-0.2, -0.15) is 0 Å². The smallest absolute Gasteiger partial charge is 0.410 e. The Balaban J connectivity index is 1.85. The zero-order valence-corrected chi connectivity index (χ0v) is 11.8. The molecule has 2 aliphatic heterocycles. The third-order valence-corrected chi connectivity index (χ3v) is 3.59. The van der Waals surface area contributed by atoms with E-state index >= 15 is 0 Å². The van der Waals surface area contributed by atoms with Crippen LogP contribution in [0.5, 0.6) is 0 Å². The fourth-order valence-electron chi connectivity index (χ4n) is 2.81. The topological polar surface area (TPSA) is 70.1 Å². The number of ether oxygens (including phenoxy) is 1. The molecule has 0 aliphatic carbocycles. The number of fused-ring (bicyclic) bond motifs is 2. The van der Waals surface area contributed by atoms with Crippen LogP contribution in [-0.2, 0) is 9.53 Å². The molecule has 2 fully saturated rings. The van der Waals surface area contributed by atoms with Gasteiger partial charge in [0.1, 0.15) is 5.60 Å². The summed E-state index contributed by atoms with van der Waals surface area (Å²) in [5.74, 6) is -0.772. The minimum absolute atomic E-state index is 0.162.